The van der Waals surface area contributed by atoms with Crippen molar-refractivity contribution in [1.82, 2.24) is 4.98 Å². The fourth-order valence-corrected chi connectivity index (χ4v) is 0.724. The average Bonchev–Trinajstić information content (AvgIpc) is 2.05. The summed E-state index contributed by atoms with van der Waals surface area (Å²) in [5, 5.41) is 0. The molecule has 0 aliphatic carbocycles. The molecule has 0 aliphatic rings. The molecule has 1 heterocycles. The highest BCUT2D eigenvalue weighted by molar-refractivity contribution is 6.25. The van der Waals surface area contributed by atoms with Crippen LogP contribution in [0.15, 0.2) is 24.5 Å². The summed E-state index contributed by atoms with van der Waals surface area (Å²) in [4.78, 5) is 3.84. The molecule has 2 N–H and O–H groups in total. The minimum atomic E-state index is 0.297. The van der Waals surface area contributed by atoms with Crippen LogP contribution in [0.1, 0.15) is 0 Å². The van der Waals surface area contributed by atoms with Gasteiger partial charge in [-0.3, -0.25) is 9.40 Å². The number of nitrogens with zero attached hydrogens (tertiary/aromatic N) is 2. The van der Waals surface area contributed by atoms with Crippen molar-refractivity contribution in [1.29, 1.82) is 0 Å². The van der Waals surface area contributed by atoms with E-state index in [0.29, 0.717) is 6.67 Å². The average molecular weight is 158 g/mol. The minimum Gasteiger partial charge on any atom is -0.313 e. The highest BCUT2D eigenvalue weighted by atomic mass is 35.5. The van der Waals surface area contributed by atoms with Crippen molar-refractivity contribution in [3.05, 3.63) is 24.5 Å². The van der Waals surface area contributed by atoms with Gasteiger partial charge in [0.05, 0.1) is 12.4 Å². The molecule has 0 saturated heterocycles. The molecule has 0 bridgehead atoms. The molecule has 0 amide bonds. The zero-order valence-electron chi connectivity index (χ0n) is 5.37. The van der Waals surface area contributed by atoms with Gasteiger partial charge in [0.15, 0.2) is 0 Å². The van der Waals surface area contributed by atoms with Gasteiger partial charge in [-0.2, -0.15) is 0 Å². The zero-order chi connectivity index (χ0) is 7.40. The molecule has 54 valence electrons. The highest BCUT2D eigenvalue weighted by Crippen LogP contribution is 2.11. The van der Waals surface area contributed by atoms with Crippen molar-refractivity contribution in [3.63, 3.8) is 0 Å². The Hall–Kier alpha value is -0.800. The van der Waals surface area contributed by atoms with Gasteiger partial charge in [-0.05, 0) is 12.1 Å². The molecule has 0 fully saturated rings. The molecule has 0 radical (unpaired) electrons. The molecule has 1 aromatic heterocycles. The molecule has 0 spiro atoms. The Morgan fingerprint density at radius 1 is 1.50 bits per heavy atom. The largest absolute Gasteiger partial charge is 0.313 e. The van der Waals surface area contributed by atoms with Gasteiger partial charge in [0, 0.05) is 24.2 Å². The van der Waals surface area contributed by atoms with E-state index in [0.717, 1.165) is 5.69 Å². The lowest BCUT2D eigenvalue weighted by atomic mass is 10.4. The summed E-state index contributed by atoms with van der Waals surface area (Å²) >= 11 is 5.67. The summed E-state index contributed by atoms with van der Waals surface area (Å²) in [6, 6.07) is 3.58. The summed E-state index contributed by atoms with van der Waals surface area (Å²) in [7, 11) is 0. The van der Waals surface area contributed by atoms with E-state index < -0.39 is 0 Å². The first-order chi connectivity index (χ1) is 4.84. The van der Waals surface area contributed by atoms with Crippen molar-refractivity contribution < 1.29 is 0 Å². The first kappa shape index (κ1) is 7.31. The predicted molar refractivity (Wildman–Crippen MR) is 41.6 cm³/mol. The summed E-state index contributed by atoms with van der Waals surface area (Å²) in [6.45, 7) is 0.297. The lowest BCUT2D eigenvalue weighted by molar-refractivity contribution is 1.04. The second-order valence-corrected chi connectivity index (χ2v) is 2.16. The third-order valence-electron chi connectivity index (χ3n) is 1.10. The molecule has 0 aliphatic heterocycles. The van der Waals surface area contributed by atoms with Gasteiger partial charge in [0.25, 0.3) is 0 Å². The molecule has 0 saturated carbocycles. The molecule has 3 nitrogen and oxygen atoms in total. The molecule has 0 unspecified atom stereocenters. The van der Waals surface area contributed by atoms with Crippen LogP contribution >= 0.6 is 11.8 Å². The van der Waals surface area contributed by atoms with E-state index in [-0.39, 0.29) is 0 Å². The minimum absolute atomic E-state index is 0.297. The smallest absolute Gasteiger partial charge is 0.0818 e. The van der Waals surface area contributed by atoms with E-state index in [2.05, 4.69) is 4.98 Å². The van der Waals surface area contributed by atoms with Gasteiger partial charge in [-0.1, -0.05) is 0 Å². The molecule has 10 heavy (non-hydrogen) atoms. The summed E-state index contributed by atoms with van der Waals surface area (Å²) < 4.78 is 1.42. The van der Waals surface area contributed by atoms with E-state index >= 15 is 0 Å². The Labute approximate surface area is 64.5 Å². The first-order valence-electron chi connectivity index (χ1n) is 2.88. The van der Waals surface area contributed by atoms with Crippen LogP contribution in [-0.2, 0) is 0 Å². The van der Waals surface area contributed by atoms with Crippen LogP contribution in [0.2, 0.25) is 0 Å². The number of hydrogen-bond acceptors (Lipinski definition) is 3. The van der Waals surface area contributed by atoms with Gasteiger partial charge in [-0.15, -0.1) is 0 Å². The Kier molecular flexibility index (Phi) is 2.48. The Morgan fingerprint density at radius 2 is 2.10 bits per heavy atom. The molecule has 4 heteroatoms. The molecule has 0 aromatic carbocycles. The van der Waals surface area contributed by atoms with E-state index in [4.69, 9.17) is 17.5 Å². The molecule has 1 aromatic rings. The molecule has 0 atom stereocenters. The third kappa shape index (κ3) is 1.59. The van der Waals surface area contributed by atoms with Crippen molar-refractivity contribution in [2.75, 3.05) is 11.1 Å². The van der Waals surface area contributed by atoms with Crippen LogP contribution in [-0.4, -0.2) is 11.7 Å². The quantitative estimate of drug-likeness (QED) is 0.514. The van der Waals surface area contributed by atoms with Crippen LogP contribution in [0.25, 0.3) is 0 Å². The normalized spacial score (nSPS) is 9.40. The van der Waals surface area contributed by atoms with E-state index in [1.165, 1.54) is 4.42 Å². The van der Waals surface area contributed by atoms with E-state index in [1.807, 2.05) is 0 Å². The number of hydrogen-bond donors (Lipinski definition) is 1. The lowest BCUT2D eigenvalue weighted by Crippen LogP contribution is -2.19. The molecular formula is C6H8ClN3. The fraction of sp³-hybridized carbons (Fsp3) is 0.167. The van der Waals surface area contributed by atoms with Crippen molar-refractivity contribution in [3.8, 4) is 0 Å². The summed E-state index contributed by atoms with van der Waals surface area (Å²) in [5.41, 5.74) is 6.14. The Morgan fingerprint density at radius 3 is 2.60 bits per heavy atom. The van der Waals surface area contributed by atoms with Crippen LogP contribution in [0, 0.1) is 0 Å². The van der Waals surface area contributed by atoms with Gasteiger partial charge >= 0.3 is 0 Å². The number of rotatable bonds is 2. The summed E-state index contributed by atoms with van der Waals surface area (Å²) in [5.74, 6) is 0. The highest BCUT2D eigenvalue weighted by Gasteiger charge is 1.96. The van der Waals surface area contributed by atoms with Crippen LogP contribution < -0.4 is 10.2 Å². The Balaban J connectivity index is 2.75. The SMILES string of the molecule is NCN(Cl)c1ccncc1. The standard InChI is InChI=1S/C6H8ClN3/c7-10(5-8)6-1-3-9-4-2-6/h1-4H,5,8H2. The molecule has 1 rings (SSSR count). The number of aromatic nitrogens is 1. The van der Waals surface area contributed by atoms with Gasteiger partial charge < -0.3 is 5.73 Å². The van der Waals surface area contributed by atoms with Crippen molar-refractivity contribution in [2.24, 2.45) is 5.73 Å². The number of halogens is 1. The zero-order valence-corrected chi connectivity index (χ0v) is 6.12. The van der Waals surface area contributed by atoms with Crippen LogP contribution in [0.5, 0.6) is 0 Å². The van der Waals surface area contributed by atoms with Gasteiger partial charge in [0.2, 0.25) is 0 Å². The van der Waals surface area contributed by atoms with Crippen molar-refractivity contribution in [2.45, 2.75) is 0 Å². The van der Waals surface area contributed by atoms with Crippen molar-refractivity contribution >= 4 is 17.5 Å². The predicted octanol–water partition coefficient (Wildman–Crippen LogP) is 0.958. The van der Waals surface area contributed by atoms with Gasteiger partial charge in [0.1, 0.15) is 0 Å². The second-order valence-electron chi connectivity index (χ2n) is 1.75. The van der Waals surface area contributed by atoms with Crippen LogP contribution in [0.3, 0.4) is 0 Å². The summed E-state index contributed by atoms with van der Waals surface area (Å²) in [6.07, 6.45) is 3.33. The maximum Gasteiger partial charge on any atom is 0.0818 e. The van der Waals surface area contributed by atoms with Crippen LogP contribution in [0.4, 0.5) is 5.69 Å². The number of nitrogens with two attached hydrogens (primary N) is 1. The maximum absolute atomic E-state index is 5.67. The molecular weight excluding hydrogens is 150 g/mol. The second kappa shape index (κ2) is 3.39. The maximum atomic E-state index is 5.67. The number of pyridine rings is 1. The first-order valence-corrected chi connectivity index (χ1v) is 3.22. The monoisotopic (exact) mass is 157 g/mol. The number of anilines is 1. The fourth-order valence-electron chi connectivity index (χ4n) is 0.611. The lowest BCUT2D eigenvalue weighted by Gasteiger charge is -2.10. The third-order valence-corrected chi connectivity index (χ3v) is 1.44. The Bertz CT molecular complexity index is 189. The van der Waals surface area contributed by atoms with Gasteiger partial charge in [-0.25, -0.2) is 0 Å². The topological polar surface area (TPSA) is 42.1 Å². The van der Waals surface area contributed by atoms with E-state index in [1.54, 1.807) is 24.5 Å². The van der Waals surface area contributed by atoms with E-state index in [9.17, 15) is 0 Å².